The lowest BCUT2D eigenvalue weighted by atomic mass is 9.94. The fraction of sp³-hybridized carbons (Fsp3) is 0.273. The quantitative estimate of drug-likeness (QED) is 0.718. The number of aromatic nitrogens is 2. The van der Waals surface area contributed by atoms with Gasteiger partial charge >= 0.3 is 0 Å². The molecule has 0 saturated heterocycles. The molecular weight excluding hydrogens is 336 g/mol. The van der Waals surface area contributed by atoms with Gasteiger partial charge in [-0.05, 0) is 48.9 Å². The van der Waals surface area contributed by atoms with E-state index in [4.69, 9.17) is 0 Å². The molecule has 0 aliphatic carbocycles. The summed E-state index contributed by atoms with van der Waals surface area (Å²) in [6.45, 7) is 1.65. The van der Waals surface area contributed by atoms with Crippen LogP contribution in [0.1, 0.15) is 21.5 Å². The highest BCUT2D eigenvalue weighted by atomic mass is 16.2. The number of fused-ring (bicyclic) bond motifs is 1. The maximum absolute atomic E-state index is 12.9. The number of hydrogen-bond acceptors (Lipinski definition) is 3. The lowest BCUT2D eigenvalue weighted by Crippen LogP contribution is -2.46. The number of hydrogen-bond donors (Lipinski definition) is 0. The Labute approximate surface area is 159 Å². The predicted octanol–water partition coefficient (Wildman–Crippen LogP) is 3.00. The molecule has 1 aliphatic rings. The molecule has 0 bridgehead atoms. The average molecular weight is 360 g/mol. The van der Waals surface area contributed by atoms with Gasteiger partial charge in [0.15, 0.2) is 0 Å². The van der Waals surface area contributed by atoms with Gasteiger partial charge in [0, 0.05) is 49.8 Å². The van der Waals surface area contributed by atoms with Crippen LogP contribution < -0.4 is 0 Å². The van der Waals surface area contributed by atoms with Gasteiger partial charge in [0.2, 0.25) is 0 Å². The highest BCUT2D eigenvalue weighted by molar-refractivity contribution is 5.94. The first-order valence-corrected chi connectivity index (χ1v) is 9.22. The van der Waals surface area contributed by atoms with Crippen molar-refractivity contribution >= 4 is 5.91 Å². The van der Waals surface area contributed by atoms with E-state index < -0.39 is 0 Å². The first-order chi connectivity index (χ1) is 13.1. The van der Waals surface area contributed by atoms with Crippen molar-refractivity contribution in [2.45, 2.75) is 19.0 Å². The zero-order valence-electron chi connectivity index (χ0n) is 15.7. The molecule has 1 amide bonds. The van der Waals surface area contributed by atoms with Gasteiger partial charge in [0.25, 0.3) is 5.91 Å². The van der Waals surface area contributed by atoms with E-state index in [0.717, 1.165) is 18.7 Å². The van der Waals surface area contributed by atoms with Gasteiger partial charge in [-0.3, -0.25) is 9.69 Å². The van der Waals surface area contributed by atoms with E-state index in [2.05, 4.69) is 41.2 Å². The summed E-state index contributed by atoms with van der Waals surface area (Å²) >= 11 is 0. The second kappa shape index (κ2) is 7.37. The van der Waals surface area contributed by atoms with Crippen molar-refractivity contribution in [3.05, 3.63) is 83.9 Å². The molecule has 1 aromatic heterocycles. The number of amides is 1. The molecule has 27 heavy (non-hydrogen) atoms. The zero-order valence-corrected chi connectivity index (χ0v) is 15.7. The molecule has 1 atom stereocenters. The lowest BCUT2D eigenvalue weighted by Gasteiger charge is -2.36. The van der Waals surface area contributed by atoms with Crippen LogP contribution >= 0.6 is 0 Å². The van der Waals surface area contributed by atoms with Gasteiger partial charge in [-0.2, -0.15) is 0 Å². The molecular formula is C22H24N4O. The van der Waals surface area contributed by atoms with Gasteiger partial charge in [0.05, 0.1) is 6.33 Å². The summed E-state index contributed by atoms with van der Waals surface area (Å²) in [6.07, 6.45) is 6.36. The Kier molecular flexibility index (Phi) is 4.77. The van der Waals surface area contributed by atoms with Gasteiger partial charge in [-0.15, -0.1) is 0 Å². The van der Waals surface area contributed by atoms with Crippen molar-refractivity contribution < 1.29 is 4.79 Å². The summed E-state index contributed by atoms with van der Waals surface area (Å²) in [5.74, 6) is 0.0550. The molecule has 4 rings (SSSR count). The van der Waals surface area contributed by atoms with Gasteiger partial charge in [-0.1, -0.05) is 24.3 Å². The van der Waals surface area contributed by atoms with E-state index >= 15 is 0 Å². The fourth-order valence-electron chi connectivity index (χ4n) is 3.73. The molecule has 0 spiro atoms. The van der Waals surface area contributed by atoms with Crippen LogP contribution in [0.4, 0.5) is 0 Å². The number of carbonyl (C=O) groups excluding carboxylic acids is 1. The van der Waals surface area contributed by atoms with Crippen molar-refractivity contribution in [3.63, 3.8) is 0 Å². The molecule has 5 nitrogen and oxygen atoms in total. The van der Waals surface area contributed by atoms with E-state index in [0.29, 0.717) is 18.2 Å². The van der Waals surface area contributed by atoms with Crippen LogP contribution in [-0.4, -0.2) is 51.9 Å². The standard InChI is InChI=1S/C22H24N4O/c1-24-14-19-6-4-3-5-18(19)13-21(24)15-25(2)22(27)17-7-9-20(10-8-17)26-12-11-23-16-26/h3-12,16,21H,13-15H2,1-2H3/t21-/m0/s1. The summed E-state index contributed by atoms with van der Waals surface area (Å²) in [4.78, 5) is 21.1. The van der Waals surface area contributed by atoms with Crippen LogP contribution in [-0.2, 0) is 13.0 Å². The van der Waals surface area contributed by atoms with Gasteiger partial charge in [0.1, 0.15) is 0 Å². The molecule has 138 valence electrons. The second-order valence-electron chi connectivity index (χ2n) is 7.24. The van der Waals surface area contributed by atoms with Crippen molar-refractivity contribution in [3.8, 4) is 5.69 Å². The minimum absolute atomic E-state index is 0.0550. The monoisotopic (exact) mass is 360 g/mol. The number of likely N-dealkylation sites (N-methyl/N-ethyl adjacent to an activating group) is 2. The van der Waals surface area contributed by atoms with Gasteiger partial charge < -0.3 is 9.47 Å². The van der Waals surface area contributed by atoms with Crippen molar-refractivity contribution in [2.24, 2.45) is 0 Å². The molecule has 2 heterocycles. The van der Waals surface area contributed by atoms with Crippen LogP contribution in [0.25, 0.3) is 5.69 Å². The minimum atomic E-state index is 0.0550. The SMILES string of the molecule is CN(C[C@@H]1Cc2ccccc2CN1C)C(=O)c1ccc(-n2ccnc2)cc1. The Morgan fingerprint density at radius 2 is 1.89 bits per heavy atom. The zero-order chi connectivity index (χ0) is 18.8. The smallest absolute Gasteiger partial charge is 0.253 e. The van der Waals surface area contributed by atoms with Crippen LogP contribution in [0.2, 0.25) is 0 Å². The van der Waals surface area contributed by atoms with E-state index in [1.165, 1.54) is 11.1 Å². The maximum atomic E-state index is 12.9. The van der Waals surface area contributed by atoms with Crippen LogP contribution in [0, 0.1) is 0 Å². The molecule has 0 radical (unpaired) electrons. The highest BCUT2D eigenvalue weighted by Gasteiger charge is 2.25. The van der Waals surface area contributed by atoms with E-state index in [-0.39, 0.29) is 5.91 Å². The number of carbonyl (C=O) groups is 1. The summed E-state index contributed by atoms with van der Waals surface area (Å²) in [6, 6.07) is 16.6. The molecule has 1 aliphatic heterocycles. The first-order valence-electron chi connectivity index (χ1n) is 9.22. The molecule has 0 fully saturated rings. The second-order valence-corrected chi connectivity index (χ2v) is 7.24. The van der Waals surface area contributed by atoms with E-state index in [1.54, 1.807) is 12.5 Å². The van der Waals surface area contributed by atoms with E-state index in [1.807, 2.05) is 47.0 Å². The molecule has 0 unspecified atom stereocenters. The van der Waals surface area contributed by atoms with E-state index in [9.17, 15) is 4.79 Å². The first kappa shape index (κ1) is 17.5. The number of rotatable bonds is 4. The third-order valence-corrected chi connectivity index (χ3v) is 5.37. The van der Waals surface area contributed by atoms with Crippen LogP contribution in [0.5, 0.6) is 0 Å². The number of nitrogens with zero attached hydrogens (tertiary/aromatic N) is 4. The lowest BCUT2D eigenvalue weighted by molar-refractivity contribution is 0.0733. The normalized spacial score (nSPS) is 16.7. The third-order valence-electron chi connectivity index (χ3n) is 5.37. The Morgan fingerprint density at radius 3 is 2.59 bits per heavy atom. The molecule has 5 heteroatoms. The Hall–Kier alpha value is -2.92. The van der Waals surface area contributed by atoms with Crippen molar-refractivity contribution in [2.75, 3.05) is 20.6 Å². The average Bonchev–Trinajstić information content (AvgIpc) is 3.23. The van der Waals surface area contributed by atoms with Crippen LogP contribution in [0.15, 0.2) is 67.3 Å². The molecule has 3 aromatic rings. The Morgan fingerprint density at radius 1 is 1.15 bits per heavy atom. The Balaban J connectivity index is 1.43. The summed E-state index contributed by atoms with van der Waals surface area (Å²) in [7, 11) is 4.03. The third kappa shape index (κ3) is 3.64. The number of benzene rings is 2. The molecule has 0 saturated carbocycles. The van der Waals surface area contributed by atoms with Crippen molar-refractivity contribution in [1.29, 1.82) is 0 Å². The highest BCUT2D eigenvalue weighted by Crippen LogP contribution is 2.22. The summed E-state index contributed by atoms with van der Waals surface area (Å²) in [5.41, 5.74) is 4.49. The largest absolute Gasteiger partial charge is 0.340 e. The predicted molar refractivity (Wildman–Crippen MR) is 106 cm³/mol. The molecule has 0 N–H and O–H groups in total. The summed E-state index contributed by atoms with van der Waals surface area (Å²) in [5, 5.41) is 0. The number of imidazole rings is 1. The summed E-state index contributed by atoms with van der Waals surface area (Å²) < 4.78 is 1.92. The molecule has 2 aromatic carbocycles. The van der Waals surface area contributed by atoms with Crippen LogP contribution in [0.3, 0.4) is 0 Å². The Bertz CT molecular complexity index is 918. The van der Waals surface area contributed by atoms with Gasteiger partial charge in [-0.25, -0.2) is 4.98 Å². The maximum Gasteiger partial charge on any atom is 0.253 e. The topological polar surface area (TPSA) is 41.4 Å². The minimum Gasteiger partial charge on any atom is -0.340 e. The fourth-order valence-corrected chi connectivity index (χ4v) is 3.73. The van der Waals surface area contributed by atoms with Crippen molar-refractivity contribution in [1.82, 2.24) is 19.4 Å².